The molecule has 134 valence electrons. The van der Waals surface area contributed by atoms with Crippen molar-refractivity contribution in [3.05, 3.63) is 59.0 Å². The van der Waals surface area contributed by atoms with Gasteiger partial charge in [-0.25, -0.2) is 4.98 Å². The van der Waals surface area contributed by atoms with Crippen molar-refractivity contribution in [1.82, 2.24) is 19.6 Å². The fourth-order valence-corrected chi connectivity index (χ4v) is 3.11. The number of nitrogens with zero attached hydrogens (tertiary/aromatic N) is 3. The van der Waals surface area contributed by atoms with Gasteiger partial charge in [-0.2, -0.15) is 4.52 Å². The molecule has 5 rings (SSSR count). The molecule has 1 N–H and O–H groups in total. The van der Waals surface area contributed by atoms with Crippen molar-refractivity contribution in [3.63, 3.8) is 0 Å². The number of rotatable bonds is 3. The largest absolute Gasteiger partial charge is 0.481 e. The molecular formula is C19H14N4O4. The number of benzene rings is 1. The minimum Gasteiger partial charge on any atom is -0.481 e. The molecule has 0 fully saturated rings. The average Bonchev–Trinajstić information content (AvgIpc) is 3.32. The third kappa shape index (κ3) is 2.42. The van der Waals surface area contributed by atoms with Crippen molar-refractivity contribution in [2.45, 2.75) is 0 Å². The maximum atomic E-state index is 12.7. The molecule has 0 saturated carbocycles. The lowest BCUT2D eigenvalue weighted by Crippen LogP contribution is -2.14. The van der Waals surface area contributed by atoms with Crippen molar-refractivity contribution >= 4 is 5.65 Å². The maximum absolute atomic E-state index is 12.7. The van der Waals surface area contributed by atoms with Crippen LogP contribution in [0, 0.1) is 0 Å². The summed E-state index contributed by atoms with van der Waals surface area (Å²) in [5.74, 6) is 1.72. The summed E-state index contributed by atoms with van der Waals surface area (Å²) >= 11 is 0. The van der Waals surface area contributed by atoms with Crippen LogP contribution in [0.4, 0.5) is 0 Å². The SMILES string of the molecule is COc1[nH]n2c(=O)cc(-c3ccc4c(c3)OCO4)nc2c1-c1ccccn1. The summed E-state index contributed by atoms with van der Waals surface area (Å²) in [7, 11) is 1.53. The molecule has 27 heavy (non-hydrogen) atoms. The van der Waals surface area contributed by atoms with E-state index in [0.29, 0.717) is 40.0 Å². The second kappa shape index (κ2) is 5.87. The van der Waals surface area contributed by atoms with Gasteiger partial charge < -0.3 is 14.2 Å². The van der Waals surface area contributed by atoms with Gasteiger partial charge in [-0.3, -0.25) is 14.9 Å². The van der Waals surface area contributed by atoms with E-state index in [1.165, 1.54) is 17.7 Å². The molecule has 8 heteroatoms. The van der Waals surface area contributed by atoms with Gasteiger partial charge in [0.05, 0.1) is 18.5 Å². The van der Waals surface area contributed by atoms with E-state index < -0.39 is 0 Å². The highest BCUT2D eigenvalue weighted by molar-refractivity contribution is 5.81. The van der Waals surface area contributed by atoms with Crippen molar-refractivity contribution in [1.29, 1.82) is 0 Å². The third-order valence-corrected chi connectivity index (χ3v) is 4.38. The number of ether oxygens (including phenoxy) is 3. The highest BCUT2D eigenvalue weighted by Gasteiger charge is 2.20. The Morgan fingerprint density at radius 3 is 2.81 bits per heavy atom. The minimum atomic E-state index is -0.256. The first kappa shape index (κ1) is 15.4. The monoisotopic (exact) mass is 362 g/mol. The smallest absolute Gasteiger partial charge is 0.273 e. The molecule has 0 atom stereocenters. The van der Waals surface area contributed by atoms with Crippen LogP contribution in [0.25, 0.3) is 28.2 Å². The van der Waals surface area contributed by atoms with E-state index in [1.807, 2.05) is 30.3 Å². The van der Waals surface area contributed by atoms with Crippen LogP contribution in [0.3, 0.4) is 0 Å². The molecule has 0 aliphatic carbocycles. The summed E-state index contributed by atoms with van der Waals surface area (Å²) in [6, 6.07) is 12.4. The van der Waals surface area contributed by atoms with Gasteiger partial charge in [-0.05, 0) is 30.3 Å². The molecule has 0 bridgehead atoms. The minimum absolute atomic E-state index is 0.187. The number of fused-ring (bicyclic) bond motifs is 2. The number of nitrogens with one attached hydrogen (secondary N) is 1. The zero-order chi connectivity index (χ0) is 18.4. The Morgan fingerprint density at radius 1 is 1.11 bits per heavy atom. The van der Waals surface area contributed by atoms with Gasteiger partial charge >= 0.3 is 0 Å². The predicted molar refractivity (Wildman–Crippen MR) is 97.2 cm³/mol. The molecule has 4 aromatic rings. The molecule has 0 unspecified atom stereocenters. The second-order valence-electron chi connectivity index (χ2n) is 5.94. The number of hydrogen-bond donors (Lipinski definition) is 1. The van der Waals surface area contributed by atoms with Gasteiger partial charge in [-0.1, -0.05) is 6.07 Å². The number of methoxy groups -OCH3 is 1. The van der Waals surface area contributed by atoms with Crippen LogP contribution in [0.1, 0.15) is 0 Å². The number of aromatic amines is 1. The molecule has 0 saturated heterocycles. The Labute approximate surface area is 153 Å². The predicted octanol–water partition coefficient (Wildman–Crippen LogP) is 2.49. The summed E-state index contributed by atoms with van der Waals surface area (Å²) in [4.78, 5) is 21.7. The molecule has 1 aromatic carbocycles. The van der Waals surface area contributed by atoms with Crippen LogP contribution in [0.2, 0.25) is 0 Å². The first-order valence-corrected chi connectivity index (χ1v) is 8.26. The van der Waals surface area contributed by atoms with Gasteiger partial charge in [0, 0.05) is 17.8 Å². The Hall–Kier alpha value is -3.81. The molecule has 1 aliphatic rings. The van der Waals surface area contributed by atoms with Crippen LogP contribution in [-0.2, 0) is 0 Å². The average molecular weight is 362 g/mol. The van der Waals surface area contributed by atoms with Gasteiger partial charge in [0.1, 0.15) is 5.56 Å². The van der Waals surface area contributed by atoms with Crippen molar-refractivity contribution in [2.75, 3.05) is 13.9 Å². The maximum Gasteiger partial charge on any atom is 0.273 e. The summed E-state index contributed by atoms with van der Waals surface area (Å²) in [6.45, 7) is 0.187. The topological polar surface area (TPSA) is 90.7 Å². The summed E-state index contributed by atoms with van der Waals surface area (Å²) in [5, 5.41) is 2.94. The molecule has 0 radical (unpaired) electrons. The number of hydrogen-bond acceptors (Lipinski definition) is 6. The van der Waals surface area contributed by atoms with E-state index in [4.69, 9.17) is 19.2 Å². The first-order valence-electron chi connectivity index (χ1n) is 8.26. The van der Waals surface area contributed by atoms with E-state index >= 15 is 0 Å². The molecule has 0 amide bonds. The van der Waals surface area contributed by atoms with Gasteiger partial charge in [0.25, 0.3) is 5.56 Å². The number of pyridine rings is 1. The lowest BCUT2D eigenvalue weighted by molar-refractivity contribution is 0.174. The lowest BCUT2D eigenvalue weighted by Gasteiger charge is -2.04. The highest BCUT2D eigenvalue weighted by atomic mass is 16.7. The summed E-state index contributed by atoms with van der Waals surface area (Å²) in [6.07, 6.45) is 1.68. The summed E-state index contributed by atoms with van der Waals surface area (Å²) in [5.41, 5.74) is 2.74. The van der Waals surface area contributed by atoms with Crippen molar-refractivity contribution in [3.8, 4) is 39.9 Å². The lowest BCUT2D eigenvalue weighted by atomic mass is 10.1. The summed E-state index contributed by atoms with van der Waals surface area (Å²) < 4.78 is 17.5. The first-order chi connectivity index (χ1) is 13.2. The van der Waals surface area contributed by atoms with E-state index in [1.54, 1.807) is 12.3 Å². The molecule has 8 nitrogen and oxygen atoms in total. The van der Waals surface area contributed by atoms with Crippen LogP contribution >= 0.6 is 0 Å². The fourth-order valence-electron chi connectivity index (χ4n) is 3.11. The highest BCUT2D eigenvalue weighted by Crippen LogP contribution is 2.36. The van der Waals surface area contributed by atoms with Crippen LogP contribution in [0.15, 0.2) is 53.5 Å². The zero-order valence-electron chi connectivity index (χ0n) is 14.3. The Bertz CT molecular complexity index is 1210. The Kier molecular flexibility index (Phi) is 3.36. The fraction of sp³-hybridized carbons (Fsp3) is 0.105. The van der Waals surface area contributed by atoms with E-state index in [2.05, 4.69) is 10.1 Å². The van der Waals surface area contributed by atoms with Gasteiger partial charge in [0.15, 0.2) is 17.1 Å². The van der Waals surface area contributed by atoms with Crippen LogP contribution < -0.4 is 19.8 Å². The van der Waals surface area contributed by atoms with Crippen LogP contribution in [-0.4, -0.2) is 33.5 Å². The van der Waals surface area contributed by atoms with Crippen molar-refractivity contribution in [2.24, 2.45) is 0 Å². The van der Waals surface area contributed by atoms with E-state index in [0.717, 1.165) is 5.56 Å². The van der Waals surface area contributed by atoms with Crippen molar-refractivity contribution < 1.29 is 14.2 Å². The van der Waals surface area contributed by atoms with E-state index in [9.17, 15) is 4.79 Å². The molecule has 0 spiro atoms. The van der Waals surface area contributed by atoms with Crippen LogP contribution in [0.5, 0.6) is 17.4 Å². The number of H-pyrrole nitrogens is 1. The van der Waals surface area contributed by atoms with Gasteiger partial charge in [0.2, 0.25) is 12.7 Å². The third-order valence-electron chi connectivity index (χ3n) is 4.38. The standard InChI is InChI=1S/C19H14N4O4/c1-25-19-17(12-4-2-3-7-20-12)18-21-13(9-16(24)23(18)22-19)11-5-6-14-15(8-11)27-10-26-14/h2-9,22H,10H2,1H3. The quantitative estimate of drug-likeness (QED) is 0.602. The Morgan fingerprint density at radius 2 is 2.00 bits per heavy atom. The second-order valence-corrected chi connectivity index (χ2v) is 5.94. The Balaban J connectivity index is 1.76. The molecule has 1 aliphatic heterocycles. The normalized spacial score (nSPS) is 12.5. The molecule has 3 aromatic heterocycles. The number of aromatic nitrogens is 4. The zero-order valence-corrected chi connectivity index (χ0v) is 14.3. The molecule has 4 heterocycles. The van der Waals surface area contributed by atoms with Gasteiger partial charge in [-0.15, -0.1) is 0 Å². The van der Waals surface area contributed by atoms with E-state index in [-0.39, 0.29) is 12.4 Å². The molecular weight excluding hydrogens is 348 g/mol.